The van der Waals surface area contributed by atoms with Crippen LogP contribution in [0.5, 0.6) is 5.75 Å². The van der Waals surface area contributed by atoms with Gasteiger partial charge in [0.1, 0.15) is 12.0 Å². The maximum absolute atomic E-state index is 12.2. The van der Waals surface area contributed by atoms with E-state index in [4.69, 9.17) is 0 Å². The molecule has 0 unspecified atom stereocenters. The van der Waals surface area contributed by atoms with Crippen molar-refractivity contribution < 1.29 is 22.7 Å². The summed E-state index contributed by atoms with van der Waals surface area (Å²) in [6.07, 6.45) is -2.32. The molecule has 26 heavy (non-hydrogen) atoms. The standard InChI is InChI=1S/C19H12F3NO2.CH4/c20-19(21,22)25-17-7-5-14(6-8-17)16-9-10-23-18(11-16)15-3-1-13(12-24)2-4-15;/h1-12H;1H4. The van der Waals surface area contributed by atoms with Crippen LogP contribution in [0.3, 0.4) is 0 Å². The van der Waals surface area contributed by atoms with Crippen LogP contribution in [-0.4, -0.2) is 17.6 Å². The highest BCUT2D eigenvalue weighted by Crippen LogP contribution is 2.28. The Morgan fingerprint density at radius 3 is 2.04 bits per heavy atom. The highest BCUT2D eigenvalue weighted by molar-refractivity contribution is 5.77. The van der Waals surface area contributed by atoms with Gasteiger partial charge >= 0.3 is 6.36 Å². The number of hydrogen-bond donors (Lipinski definition) is 0. The van der Waals surface area contributed by atoms with Gasteiger partial charge in [-0.25, -0.2) is 0 Å². The van der Waals surface area contributed by atoms with Crippen LogP contribution in [0.4, 0.5) is 13.2 Å². The predicted molar refractivity (Wildman–Crippen MR) is 93.9 cm³/mol. The van der Waals surface area contributed by atoms with Crippen LogP contribution in [0.25, 0.3) is 22.4 Å². The van der Waals surface area contributed by atoms with E-state index in [0.717, 1.165) is 23.0 Å². The molecule has 0 fully saturated rings. The molecule has 0 radical (unpaired) electrons. The van der Waals surface area contributed by atoms with Crippen LogP contribution in [0.1, 0.15) is 17.8 Å². The molecule has 0 N–H and O–H groups in total. The normalized spacial score (nSPS) is 10.7. The quantitative estimate of drug-likeness (QED) is 0.556. The number of aromatic nitrogens is 1. The Balaban J connectivity index is 0.00000243. The molecule has 1 heterocycles. The Morgan fingerprint density at radius 1 is 0.846 bits per heavy atom. The van der Waals surface area contributed by atoms with Gasteiger partial charge in [0.2, 0.25) is 0 Å². The van der Waals surface area contributed by atoms with E-state index in [2.05, 4.69) is 9.72 Å². The number of rotatable bonds is 4. The van der Waals surface area contributed by atoms with Crippen LogP contribution < -0.4 is 4.74 Å². The summed E-state index contributed by atoms with van der Waals surface area (Å²) in [7, 11) is 0. The molecule has 1 aromatic heterocycles. The van der Waals surface area contributed by atoms with E-state index >= 15 is 0 Å². The number of aldehydes is 1. The van der Waals surface area contributed by atoms with E-state index in [1.807, 2.05) is 6.07 Å². The highest BCUT2D eigenvalue weighted by atomic mass is 19.4. The van der Waals surface area contributed by atoms with Crippen molar-refractivity contribution in [3.05, 3.63) is 72.4 Å². The number of alkyl halides is 3. The molecule has 0 saturated heterocycles. The zero-order valence-corrected chi connectivity index (χ0v) is 12.8. The summed E-state index contributed by atoms with van der Waals surface area (Å²) < 4.78 is 40.5. The van der Waals surface area contributed by atoms with Crippen molar-refractivity contribution in [1.82, 2.24) is 4.98 Å². The van der Waals surface area contributed by atoms with Gasteiger partial charge in [0.15, 0.2) is 0 Å². The molecular weight excluding hydrogens is 343 g/mol. The molecule has 0 saturated carbocycles. The van der Waals surface area contributed by atoms with Gasteiger partial charge in [-0.2, -0.15) is 0 Å². The minimum absolute atomic E-state index is 0. The van der Waals surface area contributed by atoms with Gasteiger partial charge in [0.25, 0.3) is 0 Å². The van der Waals surface area contributed by atoms with Crippen LogP contribution in [0, 0.1) is 0 Å². The lowest BCUT2D eigenvalue weighted by molar-refractivity contribution is -0.274. The van der Waals surface area contributed by atoms with Gasteiger partial charge in [-0.15, -0.1) is 13.2 Å². The third-order valence-electron chi connectivity index (χ3n) is 3.52. The fourth-order valence-electron chi connectivity index (χ4n) is 2.35. The number of pyridine rings is 1. The lowest BCUT2D eigenvalue weighted by Gasteiger charge is -2.10. The molecule has 0 bridgehead atoms. The van der Waals surface area contributed by atoms with E-state index < -0.39 is 6.36 Å². The Kier molecular flexibility index (Phi) is 5.77. The van der Waals surface area contributed by atoms with Gasteiger partial charge in [-0.3, -0.25) is 9.78 Å². The molecule has 0 aliphatic heterocycles. The summed E-state index contributed by atoms with van der Waals surface area (Å²) in [5.74, 6) is -0.269. The molecule has 6 heteroatoms. The minimum atomic E-state index is -4.71. The smallest absolute Gasteiger partial charge is 0.406 e. The molecular formula is C20H16F3NO2. The number of hydrogen-bond acceptors (Lipinski definition) is 3. The maximum atomic E-state index is 12.2. The van der Waals surface area contributed by atoms with Gasteiger partial charge in [-0.05, 0) is 35.4 Å². The summed E-state index contributed by atoms with van der Waals surface area (Å²) in [6.45, 7) is 0. The molecule has 2 aromatic carbocycles. The van der Waals surface area contributed by atoms with E-state index in [1.54, 1.807) is 48.7 Å². The maximum Gasteiger partial charge on any atom is 0.573 e. The second kappa shape index (κ2) is 7.82. The van der Waals surface area contributed by atoms with Crippen molar-refractivity contribution >= 4 is 6.29 Å². The van der Waals surface area contributed by atoms with Crippen LogP contribution >= 0.6 is 0 Å². The van der Waals surface area contributed by atoms with Crippen molar-refractivity contribution in [3.8, 4) is 28.1 Å². The van der Waals surface area contributed by atoms with Crippen molar-refractivity contribution in [3.63, 3.8) is 0 Å². The summed E-state index contributed by atoms with van der Waals surface area (Å²) >= 11 is 0. The number of carbonyl (C=O) groups excluding carboxylic acids is 1. The Morgan fingerprint density at radius 2 is 1.46 bits per heavy atom. The molecule has 0 atom stereocenters. The van der Waals surface area contributed by atoms with E-state index in [-0.39, 0.29) is 13.2 Å². The lowest BCUT2D eigenvalue weighted by atomic mass is 10.0. The van der Waals surface area contributed by atoms with E-state index in [0.29, 0.717) is 11.3 Å². The van der Waals surface area contributed by atoms with Crippen molar-refractivity contribution in [2.75, 3.05) is 0 Å². The van der Waals surface area contributed by atoms with Crippen LogP contribution in [-0.2, 0) is 0 Å². The number of carbonyl (C=O) groups is 1. The Bertz CT molecular complexity index is 873. The third kappa shape index (κ3) is 4.69. The van der Waals surface area contributed by atoms with Gasteiger partial charge in [0.05, 0.1) is 5.69 Å². The van der Waals surface area contributed by atoms with Crippen molar-refractivity contribution in [1.29, 1.82) is 0 Å². The fraction of sp³-hybridized carbons (Fsp3) is 0.100. The van der Waals surface area contributed by atoms with Crippen molar-refractivity contribution in [2.45, 2.75) is 13.8 Å². The number of benzene rings is 2. The zero-order valence-electron chi connectivity index (χ0n) is 12.8. The zero-order chi connectivity index (χ0) is 17.9. The van der Waals surface area contributed by atoms with Crippen LogP contribution in [0.2, 0.25) is 0 Å². The molecule has 0 amide bonds. The average molecular weight is 359 g/mol. The predicted octanol–water partition coefficient (Wildman–Crippen LogP) is 5.76. The second-order valence-electron chi connectivity index (χ2n) is 5.24. The fourth-order valence-corrected chi connectivity index (χ4v) is 2.35. The summed E-state index contributed by atoms with van der Waals surface area (Å²) in [5, 5.41) is 0. The molecule has 3 aromatic rings. The Hall–Kier alpha value is -3.15. The molecule has 0 aliphatic rings. The lowest BCUT2D eigenvalue weighted by Crippen LogP contribution is -2.16. The van der Waals surface area contributed by atoms with Gasteiger partial charge in [0, 0.05) is 17.3 Å². The molecule has 134 valence electrons. The molecule has 3 rings (SSSR count). The summed E-state index contributed by atoms with van der Waals surface area (Å²) in [4.78, 5) is 15.0. The Labute approximate surface area is 149 Å². The van der Waals surface area contributed by atoms with Gasteiger partial charge in [-0.1, -0.05) is 43.8 Å². The summed E-state index contributed by atoms with van der Waals surface area (Å²) in [5.41, 5.74) is 3.65. The molecule has 0 spiro atoms. The largest absolute Gasteiger partial charge is 0.573 e. The first-order valence-corrected chi connectivity index (χ1v) is 7.32. The first-order chi connectivity index (χ1) is 11.9. The van der Waals surface area contributed by atoms with E-state index in [9.17, 15) is 18.0 Å². The second-order valence-corrected chi connectivity index (χ2v) is 5.24. The number of ether oxygens (including phenoxy) is 1. The van der Waals surface area contributed by atoms with Crippen LogP contribution in [0.15, 0.2) is 66.9 Å². The SMILES string of the molecule is C.O=Cc1ccc(-c2cc(-c3ccc(OC(F)(F)F)cc3)ccn2)cc1. The number of halogens is 3. The first-order valence-electron chi connectivity index (χ1n) is 7.32. The molecule has 3 nitrogen and oxygen atoms in total. The van der Waals surface area contributed by atoms with Crippen molar-refractivity contribution in [2.24, 2.45) is 0 Å². The monoisotopic (exact) mass is 359 g/mol. The molecule has 0 aliphatic carbocycles. The average Bonchev–Trinajstić information content (AvgIpc) is 2.61. The topological polar surface area (TPSA) is 39.2 Å². The highest BCUT2D eigenvalue weighted by Gasteiger charge is 2.30. The van der Waals surface area contributed by atoms with Gasteiger partial charge < -0.3 is 4.74 Å². The third-order valence-corrected chi connectivity index (χ3v) is 3.52. The van der Waals surface area contributed by atoms with E-state index in [1.165, 1.54) is 12.1 Å². The number of nitrogens with zero attached hydrogens (tertiary/aromatic N) is 1. The minimum Gasteiger partial charge on any atom is -0.406 e. The first kappa shape index (κ1) is 19.2. The summed E-state index contributed by atoms with van der Waals surface area (Å²) in [6, 6.07) is 16.2.